The molecular formula is C9H7ClN2O. The highest BCUT2D eigenvalue weighted by molar-refractivity contribution is 5.85. The lowest BCUT2D eigenvalue weighted by atomic mass is 10.2. The Morgan fingerprint density at radius 1 is 1.08 bits per heavy atom. The second-order valence-corrected chi connectivity index (χ2v) is 2.40. The predicted molar refractivity (Wildman–Crippen MR) is 53.1 cm³/mol. The molecule has 13 heavy (non-hydrogen) atoms. The van der Waals surface area contributed by atoms with E-state index in [1.807, 2.05) is 18.2 Å². The van der Waals surface area contributed by atoms with Gasteiger partial charge in [-0.15, -0.1) is 12.4 Å². The SMILES string of the molecule is Cl.O=c1nccc2ccccc2n1. The molecule has 0 N–H and O–H groups in total. The summed E-state index contributed by atoms with van der Waals surface area (Å²) in [5, 5.41) is 0.923. The van der Waals surface area contributed by atoms with Crippen molar-refractivity contribution in [2.75, 3.05) is 0 Å². The summed E-state index contributed by atoms with van der Waals surface area (Å²) in [6, 6.07) is 9.19. The van der Waals surface area contributed by atoms with Crippen LogP contribution in [0.1, 0.15) is 0 Å². The zero-order valence-corrected chi connectivity index (χ0v) is 7.49. The van der Waals surface area contributed by atoms with Crippen LogP contribution in [0.5, 0.6) is 0 Å². The number of benzene rings is 1. The van der Waals surface area contributed by atoms with E-state index in [-0.39, 0.29) is 12.4 Å². The van der Waals surface area contributed by atoms with E-state index in [1.165, 1.54) is 6.20 Å². The van der Waals surface area contributed by atoms with Crippen LogP contribution in [0.4, 0.5) is 0 Å². The Kier molecular flexibility index (Phi) is 2.93. The van der Waals surface area contributed by atoms with E-state index in [0.717, 1.165) is 5.39 Å². The van der Waals surface area contributed by atoms with E-state index in [1.54, 1.807) is 12.1 Å². The molecule has 66 valence electrons. The van der Waals surface area contributed by atoms with Gasteiger partial charge in [0.05, 0.1) is 5.52 Å². The van der Waals surface area contributed by atoms with E-state index in [4.69, 9.17) is 0 Å². The molecule has 0 aliphatic carbocycles. The fourth-order valence-corrected chi connectivity index (χ4v) is 1.04. The summed E-state index contributed by atoms with van der Waals surface area (Å²) in [5.41, 5.74) is 0.233. The molecule has 2 aromatic rings. The molecule has 0 atom stereocenters. The van der Waals surface area contributed by atoms with Crippen molar-refractivity contribution >= 4 is 23.3 Å². The van der Waals surface area contributed by atoms with Crippen LogP contribution in [-0.4, -0.2) is 9.97 Å². The van der Waals surface area contributed by atoms with Gasteiger partial charge in [-0.1, -0.05) is 18.2 Å². The van der Waals surface area contributed by atoms with Crippen LogP contribution < -0.4 is 5.69 Å². The van der Waals surface area contributed by atoms with E-state index >= 15 is 0 Å². The van der Waals surface area contributed by atoms with Crippen LogP contribution in [-0.2, 0) is 0 Å². The quantitative estimate of drug-likeness (QED) is 0.637. The van der Waals surface area contributed by atoms with Crippen molar-refractivity contribution in [3.8, 4) is 0 Å². The molecule has 0 aliphatic rings. The van der Waals surface area contributed by atoms with Gasteiger partial charge in [0.15, 0.2) is 0 Å². The lowest BCUT2D eigenvalue weighted by Gasteiger charge is -1.85. The minimum absolute atomic E-state index is 0. The number of para-hydroxylation sites is 1. The Labute approximate surface area is 80.9 Å². The smallest absolute Gasteiger partial charge is 0.244 e. The summed E-state index contributed by atoms with van der Waals surface area (Å²) >= 11 is 0. The molecular weight excluding hydrogens is 188 g/mol. The van der Waals surface area contributed by atoms with Gasteiger partial charge >= 0.3 is 5.69 Å². The summed E-state index contributed by atoms with van der Waals surface area (Å²) in [4.78, 5) is 18.2. The average molecular weight is 195 g/mol. The zero-order valence-electron chi connectivity index (χ0n) is 6.68. The van der Waals surface area contributed by atoms with Crippen molar-refractivity contribution in [3.05, 3.63) is 47.0 Å². The fraction of sp³-hybridized carbons (Fsp3) is 0. The zero-order chi connectivity index (χ0) is 8.39. The van der Waals surface area contributed by atoms with E-state index in [2.05, 4.69) is 9.97 Å². The van der Waals surface area contributed by atoms with Gasteiger partial charge in [0.1, 0.15) is 0 Å². The second kappa shape index (κ2) is 3.96. The van der Waals surface area contributed by atoms with Crippen LogP contribution in [0.25, 0.3) is 10.9 Å². The minimum Gasteiger partial charge on any atom is -0.244 e. The molecule has 1 aromatic carbocycles. The normalized spacial score (nSPS) is 9.23. The number of nitrogens with zero attached hydrogens (tertiary/aromatic N) is 2. The molecule has 0 unspecified atom stereocenters. The van der Waals surface area contributed by atoms with Crippen molar-refractivity contribution in [2.45, 2.75) is 0 Å². The minimum atomic E-state index is -0.448. The van der Waals surface area contributed by atoms with E-state index in [9.17, 15) is 4.79 Å². The molecule has 4 heteroatoms. The van der Waals surface area contributed by atoms with Gasteiger partial charge in [0.25, 0.3) is 0 Å². The van der Waals surface area contributed by atoms with E-state index in [0.29, 0.717) is 5.52 Å². The first-order valence-corrected chi connectivity index (χ1v) is 3.58. The predicted octanol–water partition coefficient (Wildman–Crippen LogP) is 1.41. The topological polar surface area (TPSA) is 42.9 Å². The first kappa shape index (κ1) is 9.61. The molecule has 2 rings (SSSR count). The Hall–Kier alpha value is -1.48. The van der Waals surface area contributed by atoms with Crippen LogP contribution in [0, 0.1) is 0 Å². The molecule has 1 aromatic heterocycles. The maximum atomic E-state index is 10.9. The number of rotatable bonds is 0. The Balaban J connectivity index is 0.000000845. The molecule has 0 bridgehead atoms. The second-order valence-electron chi connectivity index (χ2n) is 2.40. The van der Waals surface area contributed by atoms with Crippen LogP contribution >= 0.6 is 12.4 Å². The largest absolute Gasteiger partial charge is 0.367 e. The average Bonchev–Trinajstić information content (AvgIpc) is 2.25. The summed E-state index contributed by atoms with van der Waals surface area (Å²) < 4.78 is 0. The number of aromatic nitrogens is 2. The van der Waals surface area contributed by atoms with Crippen molar-refractivity contribution in [3.63, 3.8) is 0 Å². The van der Waals surface area contributed by atoms with E-state index < -0.39 is 5.69 Å². The molecule has 0 spiro atoms. The number of hydrogen-bond acceptors (Lipinski definition) is 3. The van der Waals surface area contributed by atoms with Gasteiger partial charge in [-0.25, -0.2) is 9.78 Å². The van der Waals surface area contributed by atoms with Crippen molar-refractivity contribution < 1.29 is 0 Å². The lowest BCUT2D eigenvalue weighted by Crippen LogP contribution is -2.03. The van der Waals surface area contributed by atoms with Crippen LogP contribution in [0.2, 0.25) is 0 Å². The monoisotopic (exact) mass is 194 g/mol. The van der Waals surface area contributed by atoms with Gasteiger partial charge in [0, 0.05) is 11.6 Å². The third kappa shape index (κ3) is 2.00. The number of hydrogen-bond donors (Lipinski definition) is 0. The maximum absolute atomic E-state index is 10.9. The van der Waals surface area contributed by atoms with Gasteiger partial charge in [0.2, 0.25) is 0 Å². The summed E-state index contributed by atoms with van der Waals surface area (Å²) in [6.45, 7) is 0. The maximum Gasteiger partial charge on any atom is 0.367 e. The third-order valence-electron chi connectivity index (χ3n) is 1.59. The highest BCUT2D eigenvalue weighted by atomic mass is 35.5. The van der Waals surface area contributed by atoms with Crippen LogP contribution in [0.15, 0.2) is 41.3 Å². The summed E-state index contributed by atoms with van der Waals surface area (Å²) in [6.07, 6.45) is 1.47. The number of fused-ring (bicyclic) bond motifs is 1. The number of halogens is 1. The Morgan fingerprint density at radius 3 is 2.69 bits per heavy atom. The highest BCUT2D eigenvalue weighted by Gasteiger charge is 1.90. The lowest BCUT2D eigenvalue weighted by molar-refractivity contribution is 1.14. The molecule has 0 saturated heterocycles. The van der Waals surface area contributed by atoms with Crippen molar-refractivity contribution in [2.24, 2.45) is 0 Å². The van der Waals surface area contributed by atoms with Gasteiger partial charge < -0.3 is 0 Å². The van der Waals surface area contributed by atoms with Gasteiger partial charge in [-0.3, -0.25) is 0 Å². The molecule has 1 heterocycles. The third-order valence-corrected chi connectivity index (χ3v) is 1.59. The standard InChI is InChI=1S/C9H6N2O.ClH/c12-9-10-6-5-7-3-1-2-4-8(7)11-9;/h1-6H;1H. The molecule has 0 saturated carbocycles. The Bertz CT molecular complexity index is 473. The summed E-state index contributed by atoms with van der Waals surface area (Å²) in [5.74, 6) is 0. The molecule has 0 fully saturated rings. The first-order valence-electron chi connectivity index (χ1n) is 3.58. The van der Waals surface area contributed by atoms with Gasteiger partial charge in [-0.2, -0.15) is 4.98 Å². The Morgan fingerprint density at radius 2 is 1.85 bits per heavy atom. The first-order chi connectivity index (χ1) is 5.86. The molecule has 0 amide bonds. The molecule has 3 nitrogen and oxygen atoms in total. The van der Waals surface area contributed by atoms with Crippen LogP contribution in [0.3, 0.4) is 0 Å². The van der Waals surface area contributed by atoms with Crippen molar-refractivity contribution in [1.82, 2.24) is 9.97 Å². The summed E-state index contributed by atoms with van der Waals surface area (Å²) in [7, 11) is 0. The molecule has 0 radical (unpaired) electrons. The fourth-order valence-electron chi connectivity index (χ4n) is 1.04. The van der Waals surface area contributed by atoms with Gasteiger partial charge in [-0.05, 0) is 12.1 Å². The molecule has 0 aliphatic heterocycles. The highest BCUT2D eigenvalue weighted by Crippen LogP contribution is 2.05. The van der Waals surface area contributed by atoms with Crippen molar-refractivity contribution in [1.29, 1.82) is 0 Å².